The van der Waals surface area contributed by atoms with E-state index < -0.39 is 17.1 Å². The van der Waals surface area contributed by atoms with Crippen molar-refractivity contribution < 1.29 is 23.9 Å². The van der Waals surface area contributed by atoms with Crippen molar-refractivity contribution in [2.24, 2.45) is 0 Å². The predicted molar refractivity (Wildman–Crippen MR) is 172 cm³/mol. The lowest BCUT2D eigenvalue weighted by atomic mass is 10.1. The van der Waals surface area contributed by atoms with E-state index in [4.69, 9.17) is 21.1 Å². The van der Waals surface area contributed by atoms with E-state index in [-0.39, 0.29) is 11.6 Å². The number of methoxy groups -OCH3 is 2. The van der Waals surface area contributed by atoms with Gasteiger partial charge in [0.1, 0.15) is 5.70 Å². The second-order valence-corrected chi connectivity index (χ2v) is 11.1. The van der Waals surface area contributed by atoms with Crippen LogP contribution in [0.5, 0.6) is 11.5 Å². The Labute approximate surface area is 259 Å². The molecule has 0 saturated carbocycles. The molecule has 1 unspecified atom stereocenters. The molecule has 8 nitrogen and oxygen atoms in total. The number of benzene rings is 4. The molecule has 0 radical (unpaired) electrons. The van der Waals surface area contributed by atoms with Gasteiger partial charge in [-0.15, -0.1) is 11.8 Å². The Morgan fingerprint density at radius 1 is 0.791 bits per heavy atom. The summed E-state index contributed by atoms with van der Waals surface area (Å²) >= 11 is 7.36. The van der Waals surface area contributed by atoms with Gasteiger partial charge in [-0.3, -0.25) is 14.4 Å². The van der Waals surface area contributed by atoms with Gasteiger partial charge in [-0.2, -0.15) is 0 Å². The van der Waals surface area contributed by atoms with Crippen LogP contribution in [-0.2, 0) is 9.59 Å². The van der Waals surface area contributed by atoms with Gasteiger partial charge in [0.15, 0.2) is 11.5 Å². The molecule has 3 N–H and O–H groups in total. The molecule has 0 aliphatic heterocycles. The normalized spacial score (nSPS) is 11.7. The molecule has 3 amide bonds. The first kappa shape index (κ1) is 31.2. The molecule has 0 spiro atoms. The fraction of sp³-hybridized carbons (Fsp3) is 0.121. The number of hydrogen-bond donors (Lipinski definition) is 3. The van der Waals surface area contributed by atoms with E-state index in [1.807, 2.05) is 6.07 Å². The van der Waals surface area contributed by atoms with Gasteiger partial charge < -0.3 is 25.4 Å². The molecule has 0 heterocycles. The summed E-state index contributed by atoms with van der Waals surface area (Å²) in [5, 5.41) is 8.53. The van der Waals surface area contributed by atoms with Gasteiger partial charge in [0.05, 0.1) is 19.5 Å². The Balaban J connectivity index is 1.52. The third kappa shape index (κ3) is 8.88. The second kappa shape index (κ2) is 14.9. The van der Waals surface area contributed by atoms with Crippen molar-refractivity contribution in [3.63, 3.8) is 0 Å². The molecule has 220 valence electrons. The largest absolute Gasteiger partial charge is 0.493 e. The minimum atomic E-state index is -0.534. The molecule has 0 saturated heterocycles. The molecule has 10 heteroatoms. The van der Waals surface area contributed by atoms with E-state index in [1.165, 1.54) is 26.0 Å². The average Bonchev–Trinajstić information content (AvgIpc) is 3.01. The van der Waals surface area contributed by atoms with Gasteiger partial charge in [-0.25, -0.2) is 0 Å². The maximum absolute atomic E-state index is 13.5. The van der Waals surface area contributed by atoms with Crippen molar-refractivity contribution in [1.29, 1.82) is 0 Å². The zero-order valence-corrected chi connectivity index (χ0v) is 25.3. The highest BCUT2D eigenvalue weighted by atomic mass is 35.5. The zero-order valence-electron chi connectivity index (χ0n) is 23.7. The fourth-order valence-electron chi connectivity index (χ4n) is 3.97. The quantitative estimate of drug-likeness (QED) is 0.125. The number of rotatable bonds is 11. The molecular weight excluding hydrogens is 586 g/mol. The van der Waals surface area contributed by atoms with Crippen LogP contribution in [0.25, 0.3) is 6.08 Å². The SMILES string of the molecule is COc1ccc(/C=C(/NC(=O)c2ccccc2)C(=O)Nc2cccc(SC(C)C(=O)Nc3cccc(Cl)c3)c2)cc1OC. The summed E-state index contributed by atoms with van der Waals surface area (Å²) in [6.07, 6.45) is 1.55. The number of anilines is 2. The van der Waals surface area contributed by atoms with Gasteiger partial charge in [-0.05, 0) is 79.2 Å². The van der Waals surface area contributed by atoms with Gasteiger partial charge in [-0.1, -0.05) is 48.0 Å². The molecule has 0 fully saturated rings. The van der Waals surface area contributed by atoms with Crippen molar-refractivity contribution in [3.8, 4) is 11.5 Å². The molecule has 4 rings (SSSR count). The van der Waals surface area contributed by atoms with Crippen molar-refractivity contribution in [3.05, 3.63) is 119 Å². The molecule has 0 aliphatic rings. The summed E-state index contributed by atoms with van der Waals surface area (Å²) in [6.45, 7) is 1.79. The van der Waals surface area contributed by atoms with Crippen molar-refractivity contribution in [2.45, 2.75) is 17.1 Å². The highest BCUT2D eigenvalue weighted by Gasteiger charge is 2.18. The molecule has 43 heavy (non-hydrogen) atoms. The molecular formula is C33H30ClN3O5S. The maximum atomic E-state index is 13.5. The average molecular weight is 616 g/mol. The third-order valence-corrected chi connectivity index (χ3v) is 7.44. The van der Waals surface area contributed by atoms with E-state index in [2.05, 4.69) is 16.0 Å². The van der Waals surface area contributed by atoms with Crippen LogP contribution in [0.3, 0.4) is 0 Å². The highest BCUT2D eigenvalue weighted by Crippen LogP contribution is 2.29. The standard InChI is InChI=1S/C33H30ClN3O5S/c1-21(31(38)35-25-12-7-11-24(34)19-25)43-27-14-8-13-26(20-27)36-33(40)28(37-32(39)23-9-5-4-6-10-23)17-22-15-16-29(41-2)30(18-22)42-3/h4-21H,1-3H3,(H,35,38)(H,36,40)(H,37,39)/b28-17+. The van der Waals surface area contributed by atoms with Crippen LogP contribution in [0.4, 0.5) is 11.4 Å². The predicted octanol–water partition coefficient (Wildman–Crippen LogP) is 6.89. The summed E-state index contributed by atoms with van der Waals surface area (Å²) in [5.41, 5.74) is 2.13. The van der Waals surface area contributed by atoms with Crippen LogP contribution in [0.1, 0.15) is 22.8 Å². The lowest BCUT2D eigenvalue weighted by Crippen LogP contribution is -2.30. The summed E-state index contributed by atoms with van der Waals surface area (Å²) in [5.74, 6) is -0.155. The number of halogens is 1. The third-order valence-electron chi connectivity index (χ3n) is 6.11. The van der Waals surface area contributed by atoms with Gasteiger partial charge in [0.25, 0.3) is 11.8 Å². The Morgan fingerprint density at radius 2 is 1.49 bits per heavy atom. The number of carbonyl (C=O) groups is 3. The smallest absolute Gasteiger partial charge is 0.272 e. The Morgan fingerprint density at radius 3 is 2.19 bits per heavy atom. The van der Waals surface area contributed by atoms with Crippen LogP contribution in [-0.4, -0.2) is 37.2 Å². The maximum Gasteiger partial charge on any atom is 0.272 e. The van der Waals surface area contributed by atoms with E-state index in [1.54, 1.807) is 104 Å². The molecule has 4 aromatic carbocycles. The molecule has 0 aliphatic carbocycles. The molecule has 0 aromatic heterocycles. The van der Waals surface area contributed by atoms with Crippen LogP contribution in [0.15, 0.2) is 108 Å². The van der Waals surface area contributed by atoms with Crippen molar-refractivity contribution in [2.75, 3.05) is 24.9 Å². The first-order valence-corrected chi connectivity index (χ1v) is 14.5. The number of ether oxygens (including phenoxy) is 2. The molecule has 1 atom stereocenters. The molecule has 4 aromatic rings. The van der Waals surface area contributed by atoms with Crippen molar-refractivity contribution in [1.82, 2.24) is 5.32 Å². The molecule has 0 bridgehead atoms. The topological polar surface area (TPSA) is 106 Å². The minimum Gasteiger partial charge on any atom is -0.493 e. The van der Waals surface area contributed by atoms with Gasteiger partial charge >= 0.3 is 0 Å². The van der Waals surface area contributed by atoms with Crippen LogP contribution in [0, 0.1) is 0 Å². The second-order valence-electron chi connectivity index (χ2n) is 9.23. The van der Waals surface area contributed by atoms with E-state index in [0.717, 1.165) is 4.90 Å². The van der Waals surface area contributed by atoms with Crippen LogP contribution in [0.2, 0.25) is 5.02 Å². The van der Waals surface area contributed by atoms with Gasteiger partial charge in [0.2, 0.25) is 5.91 Å². The Hall–Kier alpha value is -4.73. The lowest BCUT2D eigenvalue weighted by Gasteiger charge is -2.14. The van der Waals surface area contributed by atoms with Crippen LogP contribution < -0.4 is 25.4 Å². The minimum absolute atomic E-state index is 0.0217. The summed E-state index contributed by atoms with van der Waals surface area (Å²) in [7, 11) is 3.05. The number of carbonyl (C=O) groups excluding carboxylic acids is 3. The van der Waals surface area contributed by atoms with Gasteiger partial charge in [0, 0.05) is 26.9 Å². The first-order valence-electron chi connectivity index (χ1n) is 13.2. The summed E-state index contributed by atoms with van der Waals surface area (Å²) < 4.78 is 10.7. The van der Waals surface area contributed by atoms with Crippen molar-refractivity contribution >= 4 is 58.5 Å². The number of amides is 3. The van der Waals surface area contributed by atoms with E-state index in [9.17, 15) is 14.4 Å². The highest BCUT2D eigenvalue weighted by molar-refractivity contribution is 8.00. The van der Waals surface area contributed by atoms with Crippen LogP contribution >= 0.6 is 23.4 Å². The van der Waals surface area contributed by atoms with E-state index >= 15 is 0 Å². The Kier molecular flexibility index (Phi) is 10.9. The monoisotopic (exact) mass is 615 g/mol. The van der Waals surface area contributed by atoms with E-state index in [0.29, 0.717) is 39.0 Å². The first-order chi connectivity index (χ1) is 20.7. The summed E-state index contributed by atoms with van der Waals surface area (Å²) in [6, 6.07) is 27.8. The number of nitrogens with one attached hydrogen (secondary N) is 3. The lowest BCUT2D eigenvalue weighted by molar-refractivity contribution is -0.115. The zero-order chi connectivity index (χ0) is 30.8. The Bertz CT molecular complexity index is 1640. The summed E-state index contributed by atoms with van der Waals surface area (Å²) in [4.78, 5) is 40.0. The number of thioether (sulfide) groups is 1. The number of hydrogen-bond acceptors (Lipinski definition) is 6. The fourth-order valence-corrected chi connectivity index (χ4v) is 5.08.